The molecule has 3 aromatic heterocycles. The van der Waals surface area contributed by atoms with Crippen LogP contribution in [0.2, 0.25) is 0 Å². The van der Waals surface area contributed by atoms with Crippen LogP contribution in [0.3, 0.4) is 0 Å². The fourth-order valence-electron chi connectivity index (χ4n) is 2.49. The molecule has 0 saturated carbocycles. The van der Waals surface area contributed by atoms with Crippen molar-refractivity contribution in [3.8, 4) is 11.5 Å². The predicted molar refractivity (Wildman–Crippen MR) is 92.7 cm³/mol. The van der Waals surface area contributed by atoms with E-state index < -0.39 is 16.1 Å². The minimum atomic E-state index is -3.90. The van der Waals surface area contributed by atoms with Gasteiger partial charge in [0.1, 0.15) is 0 Å². The summed E-state index contributed by atoms with van der Waals surface area (Å²) in [7, 11) is -0.930. The fraction of sp³-hybridized carbons (Fsp3) is 0.294. The molecule has 1 unspecified atom stereocenters. The number of hydrogen-bond donors (Lipinski definition) is 0. The summed E-state index contributed by atoms with van der Waals surface area (Å²) in [4.78, 5) is 4.24. The molecule has 0 aliphatic carbocycles. The van der Waals surface area contributed by atoms with Gasteiger partial charge < -0.3 is 13.7 Å². The highest BCUT2D eigenvalue weighted by atomic mass is 32.2. The molecule has 3 heterocycles. The minimum absolute atomic E-state index is 0.154. The molecule has 0 radical (unpaired) electrons. The molecule has 1 atom stereocenters. The van der Waals surface area contributed by atoms with E-state index in [0.717, 1.165) is 0 Å². The number of furan rings is 1. The zero-order valence-corrected chi connectivity index (χ0v) is 15.4. The van der Waals surface area contributed by atoms with Gasteiger partial charge in [-0.2, -0.15) is 4.31 Å². The summed E-state index contributed by atoms with van der Waals surface area (Å²) in [6.07, 6.45) is 1.61. The molecule has 0 aliphatic rings. The molecule has 26 heavy (non-hydrogen) atoms. The van der Waals surface area contributed by atoms with E-state index in [1.165, 1.54) is 30.6 Å². The van der Waals surface area contributed by atoms with Gasteiger partial charge in [-0.1, -0.05) is 11.2 Å². The molecule has 0 bridgehead atoms. The maximum atomic E-state index is 13.0. The summed E-state index contributed by atoms with van der Waals surface area (Å²) in [5.41, 5.74) is 1.26. The van der Waals surface area contributed by atoms with E-state index in [-0.39, 0.29) is 11.7 Å². The van der Waals surface area contributed by atoms with Gasteiger partial charge in [0.15, 0.2) is 5.76 Å². The van der Waals surface area contributed by atoms with E-state index in [4.69, 9.17) is 13.7 Å². The van der Waals surface area contributed by atoms with E-state index in [9.17, 15) is 8.42 Å². The van der Waals surface area contributed by atoms with Gasteiger partial charge in [0.25, 0.3) is 10.0 Å². The molecular formula is C17H19N3O5S. The Kier molecular flexibility index (Phi) is 5.21. The van der Waals surface area contributed by atoms with Gasteiger partial charge in [0.05, 0.1) is 24.0 Å². The molecule has 0 N–H and O–H groups in total. The summed E-state index contributed by atoms with van der Waals surface area (Å²) in [5, 5.41) is 3.58. The van der Waals surface area contributed by atoms with Crippen molar-refractivity contribution in [2.24, 2.45) is 0 Å². The molecule has 3 rings (SSSR count). The van der Waals surface area contributed by atoms with Crippen molar-refractivity contribution in [3.63, 3.8) is 0 Å². The quantitative estimate of drug-likeness (QED) is 0.624. The molecular weight excluding hydrogens is 358 g/mol. The number of likely N-dealkylation sites (N-methyl/N-ethyl adjacent to an activating group) is 1. The van der Waals surface area contributed by atoms with Gasteiger partial charge in [-0.25, -0.2) is 8.42 Å². The smallest absolute Gasteiger partial charge is 0.276 e. The standard InChI is InChI=1S/C17H19N3O5S/c1-12-10-16(25-19-12)15-7-8-17(24-15)26(21,22)20(2)14(11-23-3)13-6-4-5-9-18-13/h4-10,14H,11H2,1-3H3. The monoisotopic (exact) mass is 377 g/mol. The Morgan fingerprint density at radius 3 is 2.65 bits per heavy atom. The van der Waals surface area contributed by atoms with E-state index in [1.807, 2.05) is 0 Å². The Balaban J connectivity index is 1.92. The molecule has 9 heteroatoms. The summed E-state index contributed by atoms with van der Waals surface area (Å²) in [6.45, 7) is 1.92. The van der Waals surface area contributed by atoms with Crippen molar-refractivity contribution in [1.82, 2.24) is 14.4 Å². The lowest BCUT2D eigenvalue weighted by Gasteiger charge is -2.25. The van der Waals surface area contributed by atoms with Gasteiger partial charge in [-0.05, 0) is 31.2 Å². The minimum Gasteiger partial charge on any atom is -0.440 e. The summed E-state index contributed by atoms with van der Waals surface area (Å²) in [5.74, 6) is 0.656. The van der Waals surface area contributed by atoms with Crippen LogP contribution in [0.15, 0.2) is 56.6 Å². The number of aromatic nitrogens is 2. The van der Waals surface area contributed by atoms with E-state index in [2.05, 4.69) is 10.1 Å². The second-order valence-corrected chi connectivity index (χ2v) is 7.63. The average Bonchev–Trinajstić information content (AvgIpc) is 3.29. The first-order valence-corrected chi connectivity index (χ1v) is 9.29. The third kappa shape index (κ3) is 3.55. The number of rotatable bonds is 7. The zero-order valence-electron chi connectivity index (χ0n) is 14.6. The molecule has 0 spiro atoms. The second-order valence-electron chi connectivity index (χ2n) is 5.70. The number of nitrogens with zero attached hydrogens (tertiary/aromatic N) is 3. The molecule has 0 fully saturated rings. The van der Waals surface area contributed by atoms with Crippen molar-refractivity contribution in [3.05, 3.63) is 54.0 Å². The fourth-order valence-corrected chi connectivity index (χ4v) is 3.71. The van der Waals surface area contributed by atoms with Crippen LogP contribution in [0.5, 0.6) is 0 Å². The molecule has 3 aromatic rings. The van der Waals surface area contributed by atoms with E-state index >= 15 is 0 Å². The summed E-state index contributed by atoms with van der Waals surface area (Å²) >= 11 is 0. The summed E-state index contributed by atoms with van der Waals surface area (Å²) < 4.78 is 42.9. The Bertz CT molecular complexity index is 965. The lowest BCUT2D eigenvalue weighted by atomic mass is 10.2. The predicted octanol–water partition coefficient (Wildman–Crippen LogP) is 2.65. The molecule has 0 saturated heterocycles. The number of hydrogen-bond acceptors (Lipinski definition) is 7. The van der Waals surface area contributed by atoms with Crippen molar-refractivity contribution in [1.29, 1.82) is 0 Å². The highest BCUT2D eigenvalue weighted by molar-refractivity contribution is 7.89. The molecule has 138 valence electrons. The van der Waals surface area contributed by atoms with Gasteiger partial charge >= 0.3 is 0 Å². The van der Waals surface area contributed by atoms with Crippen LogP contribution >= 0.6 is 0 Å². The van der Waals surface area contributed by atoms with Gasteiger partial charge in [0, 0.05) is 26.4 Å². The Hall–Kier alpha value is -2.49. The maximum absolute atomic E-state index is 13.0. The first-order valence-electron chi connectivity index (χ1n) is 7.85. The third-order valence-corrected chi connectivity index (χ3v) is 5.62. The maximum Gasteiger partial charge on any atom is 0.276 e. The van der Waals surface area contributed by atoms with Crippen molar-refractivity contribution in [2.75, 3.05) is 20.8 Å². The third-order valence-electron chi connectivity index (χ3n) is 3.88. The van der Waals surface area contributed by atoms with E-state index in [1.54, 1.807) is 37.4 Å². The zero-order chi connectivity index (χ0) is 18.7. The second kappa shape index (κ2) is 7.40. The molecule has 0 aromatic carbocycles. The number of ether oxygens (including phenoxy) is 1. The van der Waals surface area contributed by atoms with Crippen molar-refractivity contribution >= 4 is 10.0 Å². The lowest BCUT2D eigenvalue weighted by molar-refractivity contribution is 0.139. The number of sulfonamides is 1. The van der Waals surface area contributed by atoms with Crippen LogP contribution in [0, 0.1) is 6.92 Å². The molecule has 0 amide bonds. The Morgan fingerprint density at radius 1 is 1.23 bits per heavy atom. The molecule has 0 aliphatic heterocycles. The van der Waals surface area contributed by atoms with Gasteiger partial charge in [-0.3, -0.25) is 4.98 Å². The van der Waals surface area contributed by atoms with Gasteiger partial charge in [0.2, 0.25) is 10.9 Å². The first-order chi connectivity index (χ1) is 12.4. The van der Waals surface area contributed by atoms with E-state index in [0.29, 0.717) is 22.9 Å². The van der Waals surface area contributed by atoms with Crippen LogP contribution in [0.1, 0.15) is 17.4 Å². The largest absolute Gasteiger partial charge is 0.440 e. The number of pyridine rings is 1. The van der Waals surface area contributed by atoms with Crippen LogP contribution in [0.25, 0.3) is 11.5 Å². The number of methoxy groups -OCH3 is 1. The normalized spacial score (nSPS) is 13.2. The Labute approximate surface area is 151 Å². The van der Waals surface area contributed by atoms with Crippen LogP contribution < -0.4 is 0 Å². The SMILES string of the molecule is COCC(c1ccccn1)N(C)S(=O)(=O)c1ccc(-c2cc(C)no2)o1. The Morgan fingerprint density at radius 2 is 2.04 bits per heavy atom. The lowest BCUT2D eigenvalue weighted by Crippen LogP contribution is -2.34. The first kappa shape index (κ1) is 18.3. The van der Waals surface area contributed by atoms with Gasteiger partial charge in [-0.15, -0.1) is 0 Å². The highest BCUT2D eigenvalue weighted by Crippen LogP contribution is 2.30. The van der Waals surface area contributed by atoms with Crippen molar-refractivity contribution in [2.45, 2.75) is 18.1 Å². The topological polar surface area (TPSA) is 98.7 Å². The van der Waals surface area contributed by atoms with Crippen LogP contribution in [-0.2, 0) is 14.8 Å². The van der Waals surface area contributed by atoms with Crippen LogP contribution in [-0.4, -0.2) is 43.6 Å². The summed E-state index contributed by atoms with van der Waals surface area (Å²) in [6, 6.07) is 9.31. The number of aryl methyl sites for hydroxylation is 1. The van der Waals surface area contributed by atoms with Crippen LogP contribution in [0.4, 0.5) is 0 Å². The highest BCUT2D eigenvalue weighted by Gasteiger charge is 2.32. The molecule has 8 nitrogen and oxygen atoms in total. The van der Waals surface area contributed by atoms with Crippen molar-refractivity contribution < 1.29 is 22.1 Å². The average molecular weight is 377 g/mol.